The van der Waals surface area contributed by atoms with Gasteiger partial charge in [0.15, 0.2) is 0 Å². The molecule has 10 nitrogen and oxygen atoms in total. The highest BCUT2D eigenvalue weighted by molar-refractivity contribution is 7.89. The summed E-state index contributed by atoms with van der Waals surface area (Å²) in [6.45, 7) is 4.42. The molecule has 0 atom stereocenters. The van der Waals surface area contributed by atoms with Gasteiger partial charge in [-0.25, -0.2) is 17.7 Å². The lowest BCUT2D eigenvalue weighted by Crippen LogP contribution is -2.36. The van der Waals surface area contributed by atoms with Crippen LogP contribution >= 0.6 is 7.60 Å². The van der Waals surface area contributed by atoms with Crippen molar-refractivity contribution in [3.05, 3.63) is 54.6 Å². The van der Waals surface area contributed by atoms with Crippen molar-refractivity contribution in [3.63, 3.8) is 0 Å². The molecule has 0 spiro atoms. The molecule has 1 amide bonds. The first-order valence-electron chi connectivity index (χ1n) is 10.5. The number of rotatable bonds is 15. The summed E-state index contributed by atoms with van der Waals surface area (Å²) in [5.74, 6) is 1.19. The predicted molar refractivity (Wildman–Crippen MR) is 125 cm³/mol. The Labute approximate surface area is 194 Å². The molecule has 0 bridgehead atoms. The van der Waals surface area contributed by atoms with Gasteiger partial charge in [-0.1, -0.05) is 18.2 Å². The fourth-order valence-electron chi connectivity index (χ4n) is 2.64. The van der Waals surface area contributed by atoms with E-state index in [-0.39, 0.29) is 31.2 Å². The number of hydrogen-bond acceptors (Lipinski definition) is 8. The zero-order valence-corrected chi connectivity index (χ0v) is 20.4. The van der Waals surface area contributed by atoms with Crippen molar-refractivity contribution in [2.45, 2.75) is 18.7 Å². The Bertz CT molecular complexity index is 1010. The van der Waals surface area contributed by atoms with E-state index in [1.165, 1.54) is 12.1 Å². The lowest BCUT2D eigenvalue weighted by molar-refractivity contribution is 0.207. The molecule has 0 fully saturated rings. The number of amides is 1. The number of sulfonamides is 1. The second-order valence-electron chi connectivity index (χ2n) is 6.60. The number of carbonyl (C=O) groups is 1. The Hall–Kier alpha value is -2.27. The van der Waals surface area contributed by atoms with Crippen molar-refractivity contribution in [2.75, 3.05) is 39.4 Å². The number of para-hydroxylation sites is 1. The Kier molecular flexibility index (Phi) is 11.0. The molecular formula is C21H30N3O7PS. The third kappa shape index (κ3) is 8.88. The van der Waals surface area contributed by atoms with Crippen molar-refractivity contribution < 1.29 is 31.6 Å². The standard InChI is InChI=1S/C21H30N3O7PS/c1-3-29-32(26,30-4-2)21(25)23-16-14-22-15-17-24-33(27,28)20-12-10-19(11-13-20)31-18-8-6-5-7-9-18/h5-13,22,24H,3-4,14-17H2,1-2H3,(H,23,25). The van der Waals surface area contributed by atoms with E-state index in [0.717, 1.165) is 0 Å². The first kappa shape index (κ1) is 27.0. The van der Waals surface area contributed by atoms with Crippen molar-refractivity contribution in [1.82, 2.24) is 15.4 Å². The monoisotopic (exact) mass is 499 g/mol. The highest BCUT2D eigenvalue weighted by Crippen LogP contribution is 2.48. The number of nitrogens with one attached hydrogen (secondary N) is 3. The minimum absolute atomic E-state index is 0.0892. The van der Waals surface area contributed by atoms with Gasteiger partial charge in [0.1, 0.15) is 11.5 Å². The zero-order valence-electron chi connectivity index (χ0n) is 18.7. The third-order valence-corrected chi connectivity index (χ3v) is 7.46. The third-order valence-electron chi connectivity index (χ3n) is 4.13. The van der Waals surface area contributed by atoms with E-state index in [9.17, 15) is 17.8 Å². The maximum Gasteiger partial charge on any atom is 0.418 e. The molecule has 12 heteroatoms. The second-order valence-corrected chi connectivity index (χ2v) is 10.3. The summed E-state index contributed by atoms with van der Waals surface area (Å²) >= 11 is 0. The summed E-state index contributed by atoms with van der Waals surface area (Å²) in [5.41, 5.74) is -0.798. The van der Waals surface area contributed by atoms with Crippen LogP contribution in [0.3, 0.4) is 0 Å². The normalized spacial score (nSPS) is 11.8. The van der Waals surface area contributed by atoms with Gasteiger partial charge >= 0.3 is 13.2 Å². The predicted octanol–water partition coefficient (Wildman–Crippen LogP) is 3.32. The molecule has 0 aliphatic carbocycles. The van der Waals surface area contributed by atoms with Crippen LogP contribution in [0.1, 0.15) is 13.8 Å². The molecule has 0 saturated carbocycles. The van der Waals surface area contributed by atoms with Crippen molar-refractivity contribution >= 4 is 23.3 Å². The van der Waals surface area contributed by atoms with Crippen LogP contribution in [0.25, 0.3) is 0 Å². The van der Waals surface area contributed by atoms with E-state index in [0.29, 0.717) is 24.6 Å². The minimum atomic E-state index is -3.83. The summed E-state index contributed by atoms with van der Waals surface area (Å²) in [4.78, 5) is 12.1. The Morgan fingerprint density at radius 2 is 1.42 bits per heavy atom. The quantitative estimate of drug-likeness (QED) is 0.251. The molecule has 0 heterocycles. The van der Waals surface area contributed by atoms with Gasteiger partial charge in [0, 0.05) is 26.2 Å². The van der Waals surface area contributed by atoms with Crippen LogP contribution in [-0.4, -0.2) is 53.5 Å². The van der Waals surface area contributed by atoms with E-state index in [2.05, 4.69) is 15.4 Å². The average Bonchev–Trinajstić information content (AvgIpc) is 2.79. The first-order chi connectivity index (χ1) is 15.8. The SMILES string of the molecule is CCOP(=O)(OCC)C(=O)NCCNCCNS(=O)(=O)c1ccc(Oc2ccccc2)cc1. The lowest BCUT2D eigenvalue weighted by Gasteiger charge is -2.16. The molecule has 0 unspecified atom stereocenters. The van der Waals surface area contributed by atoms with Gasteiger partial charge < -0.3 is 24.4 Å². The van der Waals surface area contributed by atoms with Gasteiger partial charge in [-0.2, -0.15) is 0 Å². The fourth-order valence-corrected chi connectivity index (χ4v) is 4.97. The summed E-state index contributed by atoms with van der Waals surface area (Å²) < 4.78 is 55.2. The largest absolute Gasteiger partial charge is 0.457 e. The van der Waals surface area contributed by atoms with Crippen LogP contribution in [0.4, 0.5) is 4.79 Å². The van der Waals surface area contributed by atoms with Crippen molar-refractivity contribution in [2.24, 2.45) is 0 Å². The van der Waals surface area contributed by atoms with Crippen LogP contribution in [0.5, 0.6) is 11.5 Å². The Morgan fingerprint density at radius 1 is 0.848 bits per heavy atom. The minimum Gasteiger partial charge on any atom is -0.457 e. The zero-order chi connectivity index (χ0) is 24.2. The van der Waals surface area contributed by atoms with Gasteiger partial charge in [0.25, 0.3) is 0 Å². The molecule has 0 aliphatic heterocycles. The summed E-state index contributed by atoms with van der Waals surface area (Å²) in [6.07, 6.45) is 0. The summed E-state index contributed by atoms with van der Waals surface area (Å²) in [6, 6.07) is 15.3. The highest BCUT2D eigenvalue weighted by Gasteiger charge is 2.33. The molecule has 0 saturated heterocycles. The van der Waals surface area contributed by atoms with Crippen LogP contribution in [-0.2, 0) is 23.6 Å². The number of benzene rings is 2. The van der Waals surface area contributed by atoms with Crippen LogP contribution in [0.2, 0.25) is 0 Å². The van der Waals surface area contributed by atoms with Crippen LogP contribution in [0.15, 0.2) is 59.5 Å². The van der Waals surface area contributed by atoms with E-state index in [1.54, 1.807) is 38.1 Å². The molecule has 2 aromatic rings. The molecule has 33 heavy (non-hydrogen) atoms. The molecule has 3 N–H and O–H groups in total. The Balaban J connectivity index is 1.70. The molecule has 0 aliphatic rings. The van der Waals surface area contributed by atoms with Gasteiger partial charge in [-0.3, -0.25) is 4.79 Å². The summed E-state index contributed by atoms with van der Waals surface area (Å²) in [5, 5.41) is 5.47. The highest BCUT2D eigenvalue weighted by atomic mass is 32.2. The fraction of sp³-hybridized carbons (Fsp3) is 0.381. The average molecular weight is 500 g/mol. The number of carbonyl (C=O) groups excluding carboxylic acids is 1. The van der Waals surface area contributed by atoms with Gasteiger partial charge in [-0.15, -0.1) is 0 Å². The number of ether oxygens (including phenoxy) is 1. The smallest absolute Gasteiger partial charge is 0.418 e. The maximum absolute atomic E-state index is 12.4. The molecule has 2 aromatic carbocycles. The summed E-state index contributed by atoms with van der Waals surface area (Å²) in [7, 11) is -7.50. The molecule has 0 aromatic heterocycles. The van der Waals surface area contributed by atoms with Crippen molar-refractivity contribution in [3.8, 4) is 11.5 Å². The first-order valence-corrected chi connectivity index (χ1v) is 13.5. The van der Waals surface area contributed by atoms with Gasteiger partial charge in [-0.05, 0) is 50.2 Å². The van der Waals surface area contributed by atoms with Gasteiger partial charge in [0.05, 0.1) is 18.1 Å². The molecule has 2 rings (SSSR count). The maximum atomic E-state index is 12.4. The van der Waals surface area contributed by atoms with Crippen LogP contribution < -0.4 is 20.1 Å². The van der Waals surface area contributed by atoms with E-state index in [1.807, 2.05) is 18.2 Å². The van der Waals surface area contributed by atoms with E-state index >= 15 is 0 Å². The van der Waals surface area contributed by atoms with Crippen molar-refractivity contribution in [1.29, 1.82) is 0 Å². The van der Waals surface area contributed by atoms with E-state index < -0.39 is 23.3 Å². The number of hydrogen-bond donors (Lipinski definition) is 3. The second kappa shape index (κ2) is 13.4. The van der Waals surface area contributed by atoms with E-state index in [4.69, 9.17) is 13.8 Å². The Morgan fingerprint density at radius 3 is 2.03 bits per heavy atom. The van der Waals surface area contributed by atoms with Crippen LogP contribution in [0, 0.1) is 0 Å². The lowest BCUT2D eigenvalue weighted by atomic mass is 10.3. The molecule has 182 valence electrons. The van der Waals surface area contributed by atoms with Gasteiger partial charge in [0.2, 0.25) is 10.0 Å². The topological polar surface area (TPSA) is 132 Å². The molecule has 0 radical (unpaired) electrons. The molecular weight excluding hydrogens is 469 g/mol.